The molecule has 0 amide bonds. The first-order valence-corrected chi connectivity index (χ1v) is 8.25. The third-order valence-corrected chi connectivity index (χ3v) is 5.25. The molecule has 0 fully saturated rings. The highest BCUT2D eigenvalue weighted by Gasteiger charge is 2.14. The Morgan fingerprint density at radius 2 is 1.90 bits per heavy atom. The number of rotatable bonds is 4. The Labute approximate surface area is 130 Å². The molecule has 1 aliphatic carbocycles. The van der Waals surface area contributed by atoms with Crippen LogP contribution in [0.15, 0.2) is 46.2 Å². The van der Waals surface area contributed by atoms with E-state index in [9.17, 15) is 4.39 Å². The van der Waals surface area contributed by atoms with Crippen LogP contribution in [-0.4, -0.2) is 7.05 Å². The number of aryl methyl sites for hydroxylation is 2. The molecule has 1 unspecified atom stereocenters. The minimum Gasteiger partial charge on any atom is -0.313 e. The molecule has 0 radical (unpaired) electrons. The van der Waals surface area contributed by atoms with E-state index in [1.165, 1.54) is 35.3 Å². The Morgan fingerprint density at radius 3 is 2.71 bits per heavy atom. The van der Waals surface area contributed by atoms with Gasteiger partial charge in [-0.2, -0.15) is 0 Å². The zero-order valence-electron chi connectivity index (χ0n) is 12.4. The maximum atomic E-state index is 13.5. The molecule has 0 aliphatic heterocycles. The largest absolute Gasteiger partial charge is 0.313 e. The van der Waals surface area contributed by atoms with Crippen LogP contribution in [-0.2, 0) is 12.8 Å². The van der Waals surface area contributed by atoms with Gasteiger partial charge in [0, 0.05) is 15.8 Å². The quantitative estimate of drug-likeness (QED) is 0.875. The van der Waals surface area contributed by atoms with Gasteiger partial charge in [0.2, 0.25) is 0 Å². The summed E-state index contributed by atoms with van der Waals surface area (Å²) < 4.78 is 13.5. The molecule has 3 rings (SSSR count). The summed E-state index contributed by atoms with van der Waals surface area (Å²) in [5, 5.41) is 3.20. The summed E-state index contributed by atoms with van der Waals surface area (Å²) in [6, 6.07) is 11.9. The van der Waals surface area contributed by atoms with Crippen molar-refractivity contribution in [3.63, 3.8) is 0 Å². The van der Waals surface area contributed by atoms with Crippen molar-refractivity contribution in [2.45, 2.75) is 42.0 Å². The molecule has 3 heteroatoms. The van der Waals surface area contributed by atoms with Crippen molar-refractivity contribution in [1.29, 1.82) is 0 Å². The summed E-state index contributed by atoms with van der Waals surface area (Å²) in [4.78, 5) is 2.36. The number of halogens is 1. The second-order valence-electron chi connectivity index (χ2n) is 5.58. The smallest absolute Gasteiger partial charge is 0.123 e. The van der Waals surface area contributed by atoms with Gasteiger partial charge in [-0.05, 0) is 80.3 Å². The molecule has 0 heterocycles. The van der Waals surface area contributed by atoms with Crippen LogP contribution >= 0.6 is 11.8 Å². The first kappa shape index (κ1) is 14.6. The molecule has 2 aromatic carbocycles. The molecule has 1 atom stereocenters. The fourth-order valence-corrected chi connectivity index (χ4v) is 3.93. The van der Waals surface area contributed by atoms with Gasteiger partial charge in [0.1, 0.15) is 5.82 Å². The third kappa shape index (κ3) is 3.14. The Kier molecular flexibility index (Phi) is 4.32. The molecule has 0 saturated heterocycles. The topological polar surface area (TPSA) is 12.0 Å². The van der Waals surface area contributed by atoms with Crippen molar-refractivity contribution in [1.82, 2.24) is 5.32 Å². The molecule has 1 N–H and O–H groups in total. The average molecular weight is 301 g/mol. The molecule has 1 aliphatic rings. The molecule has 0 spiro atoms. The Balaban J connectivity index is 1.91. The highest BCUT2D eigenvalue weighted by atomic mass is 32.2. The highest BCUT2D eigenvalue weighted by Crippen LogP contribution is 2.36. The number of fused-ring (bicyclic) bond motifs is 1. The van der Waals surface area contributed by atoms with Crippen LogP contribution in [0.3, 0.4) is 0 Å². The predicted octanol–water partition coefficient (Wildman–Crippen LogP) is 4.75. The fraction of sp³-hybridized carbons (Fsp3) is 0.333. The van der Waals surface area contributed by atoms with Crippen molar-refractivity contribution in [3.8, 4) is 0 Å². The number of nitrogens with one attached hydrogen (secondary N) is 1. The van der Waals surface area contributed by atoms with E-state index in [1.54, 1.807) is 23.9 Å². The molecule has 110 valence electrons. The number of benzene rings is 2. The molecule has 0 saturated carbocycles. The van der Waals surface area contributed by atoms with Crippen LogP contribution in [0.1, 0.15) is 36.1 Å². The lowest BCUT2D eigenvalue weighted by molar-refractivity contribution is 0.601. The van der Waals surface area contributed by atoms with Gasteiger partial charge in [0.05, 0.1) is 0 Å². The van der Waals surface area contributed by atoms with E-state index in [4.69, 9.17) is 0 Å². The second kappa shape index (κ2) is 6.20. The average Bonchev–Trinajstić information content (AvgIpc) is 2.96. The fourth-order valence-electron chi connectivity index (χ4n) is 2.84. The Bertz CT molecular complexity index is 654. The summed E-state index contributed by atoms with van der Waals surface area (Å²) in [6.07, 6.45) is 3.66. The van der Waals surface area contributed by atoms with Crippen molar-refractivity contribution in [2.75, 3.05) is 7.05 Å². The first-order chi connectivity index (χ1) is 10.2. The van der Waals surface area contributed by atoms with Gasteiger partial charge in [-0.15, -0.1) is 0 Å². The van der Waals surface area contributed by atoms with Gasteiger partial charge in [-0.3, -0.25) is 0 Å². The van der Waals surface area contributed by atoms with E-state index in [0.717, 1.165) is 10.5 Å². The Hall–Kier alpha value is -1.32. The molecule has 21 heavy (non-hydrogen) atoms. The van der Waals surface area contributed by atoms with Crippen LogP contribution in [0.4, 0.5) is 4.39 Å². The van der Waals surface area contributed by atoms with E-state index in [1.807, 2.05) is 13.1 Å². The minimum absolute atomic E-state index is 0.137. The predicted molar refractivity (Wildman–Crippen MR) is 86.5 cm³/mol. The zero-order valence-corrected chi connectivity index (χ0v) is 13.3. The maximum Gasteiger partial charge on any atom is 0.123 e. The van der Waals surface area contributed by atoms with Crippen molar-refractivity contribution in [3.05, 3.63) is 58.9 Å². The molecule has 1 nitrogen and oxygen atoms in total. The van der Waals surface area contributed by atoms with Gasteiger partial charge < -0.3 is 5.32 Å². The lowest BCUT2D eigenvalue weighted by Crippen LogP contribution is -2.13. The monoisotopic (exact) mass is 301 g/mol. The lowest BCUT2D eigenvalue weighted by atomic mass is 10.1. The van der Waals surface area contributed by atoms with Crippen LogP contribution < -0.4 is 5.32 Å². The van der Waals surface area contributed by atoms with Crippen LogP contribution in [0, 0.1) is 5.82 Å². The number of hydrogen-bond donors (Lipinski definition) is 1. The summed E-state index contributed by atoms with van der Waals surface area (Å²) in [5.74, 6) is -0.176. The summed E-state index contributed by atoms with van der Waals surface area (Å²) >= 11 is 1.73. The van der Waals surface area contributed by atoms with E-state index in [2.05, 4.69) is 30.4 Å². The van der Waals surface area contributed by atoms with Gasteiger partial charge in [-0.25, -0.2) is 4.39 Å². The van der Waals surface area contributed by atoms with E-state index in [0.29, 0.717) is 0 Å². The lowest BCUT2D eigenvalue weighted by Gasteiger charge is -2.16. The van der Waals surface area contributed by atoms with Crippen LogP contribution in [0.5, 0.6) is 0 Å². The highest BCUT2D eigenvalue weighted by molar-refractivity contribution is 7.99. The molecular formula is C18H20FNS. The standard InChI is InChI=1S/C18H20FNS/c1-12(20-2)17-11-15(19)7-9-18(17)21-16-8-6-13-4-3-5-14(13)10-16/h6-12,20H,3-5H2,1-2H3. The van der Waals surface area contributed by atoms with E-state index < -0.39 is 0 Å². The zero-order chi connectivity index (χ0) is 14.8. The van der Waals surface area contributed by atoms with Gasteiger partial charge in [0.25, 0.3) is 0 Å². The third-order valence-electron chi connectivity index (χ3n) is 4.17. The Morgan fingerprint density at radius 1 is 1.10 bits per heavy atom. The van der Waals surface area contributed by atoms with Crippen LogP contribution in [0.25, 0.3) is 0 Å². The molecule has 0 aromatic heterocycles. The van der Waals surface area contributed by atoms with E-state index in [-0.39, 0.29) is 11.9 Å². The van der Waals surface area contributed by atoms with Crippen molar-refractivity contribution in [2.24, 2.45) is 0 Å². The SMILES string of the molecule is CNC(C)c1cc(F)ccc1Sc1ccc2c(c1)CCC2. The summed E-state index contributed by atoms with van der Waals surface area (Å²) in [6.45, 7) is 2.06. The van der Waals surface area contributed by atoms with E-state index >= 15 is 0 Å². The summed E-state index contributed by atoms with van der Waals surface area (Å²) in [7, 11) is 1.90. The number of hydrogen-bond acceptors (Lipinski definition) is 2. The van der Waals surface area contributed by atoms with Crippen molar-refractivity contribution < 1.29 is 4.39 Å². The van der Waals surface area contributed by atoms with Crippen molar-refractivity contribution >= 4 is 11.8 Å². The van der Waals surface area contributed by atoms with Crippen LogP contribution in [0.2, 0.25) is 0 Å². The molecule has 2 aromatic rings. The van der Waals surface area contributed by atoms with Gasteiger partial charge in [0.15, 0.2) is 0 Å². The molecular weight excluding hydrogens is 281 g/mol. The minimum atomic E-state index is -0.176. The first-order valence-electron chi connectivity index (χ1n) is 7.44. The summed E-state index contributed by atoms with van der Waals surface area (Å²) in [5.41, 5.74) is 3.98. The normalized spacial score (nSPS) is 15.0. The maximum absolute atomic E-state index is 13.5. The second-order valence-corrected chi connectivity index (χ2v) is 6.69. The molecule has 0 bridgehead atoms. The van der Waals surface area contributed by atoms with Gasteiger partial charge in [-0.1, -0.05) is 17.8 Å². The van der Waals surface area contributed by atoms with Gasteiger partial charge >= 0.3 is 0 Å².